The van der Waals surface area contributed by atoms with Gasteiger partial charge < -0.3 is 0 Å². The smallest absolute Gasteiger partial charge is 0.267 e. The van der Waals surface area contributed by atoms with Crippen LogP contribution in [-0.4, -0.2) is 11.3 Å². The summed E-state index contributed by atoms with van der Waals surface area (Å²) in [5, 5.41) is 0. The second-order valence-electron chi connectivity index (χ2n) is 2.14. The third kappa shape index (κ3) is 1.98. The Bertz CT molecular complexity index is 343. The zero-order valence-corrected chi connectivity index (χ0v) is 8.26. The van der Waals surface area contributed by atoms with Crippen molar-refractivity contribution in [3.05, 3.63) is 26.8 Å². The molecule has 0 saturated carbocycles. The van der Waals surface area contributed by atoms with Crippen LogP contribution < -0.4 is 0 Å². The van der Waals surface area contributed by atoms with Crippen LogP contribution in [0, 0.1) is 9.39 Å². The van der Waals surface area contributed by atoms with Gasteiger partial charge in [0.25, 0.3) is 6.43 Å². The fourth-order valence-corrected chi connectivity index (χ4v) is 1.54. The summed E-state index contributed by atoms with van der Waals surface area (Å²) in [6, 6.07) is 0. The molecular formula is C7H3F3INO. The second kappa shape index (κ2) is 4.03. The monoisotopic (exact) mass is 301 g/mol. The van der Waals surface area contributed by atoms with Gasteiger partial charge in [0, 0.05) is 0 Å². The van der Waals surface area contributed by atoms with Crippen molar-refractivity contribution in [3.8, 4) is 0 Å². The highest BCUT2D eigenvalue weighted by Crippen LogP contribution is 2.27. The standard InChI is InChI=1S/C7H3F3INO/c8-3-1-12-4(2-13)6(11)5(3)7(9)10/h1-2,7H. The largest absolute Gasteiger partial charge is 0.296 e. The maximum Gasteiger partial charge on any atom is 0.267 e. The van der Waals surface area contributed by atoms with E-state index in [4.69, 9.17) is 0 Å². The van der Waals surface area contributed by atoms with E-state index in [1.165, 1.54) is 22.6 Å². The minimum absolute atomic E-state index is 0.136. The average molecular weight is 301 g/mol. The summed E-state index contributed by atoms with van der Waals surface area (Å²) in [6.45, 7) is 0. The van der Waals surface area contributed by atoms with E-state index in [9.17, 15) is 18.0 Å². The van der Waals surface area contributed by atoms with Gasteiger partial charge >= 0.3 is 0 Å². The van der Waals surface area contributed by atoms with Gasteiger partial charge in [0.05, 0.1) is 15.3 Å². The molecule has 0 saturated heterocycles. The van der Waals surface area contributed by atoms with Crippen LogP contribution in [-0.2, 0) is 0 Å². The van der Waals surface area contributed by atoms with Crippen molar-refractivity contribution in [2.24, 2.45) is 0 Å². The zero-order chi connectivity index (χ0) is 10.0. The maximum absolute atomic E-state index is 12.8. The molecule has 1 heterocycles. The Morgan fingerprint density at radius 3 is 2.62 bits per heavy atom. The van der Waals surface area contributed by atoms with E-state index in [1.807, 2.05) is 0 Å². The molecule has 0 aromatic carbocycles. The fraction of sp³-hybridized carbons (Fsp3) is 0.143. The Hall–Kier alpha value is -0.660. The van der Waals surface area contributed by atoms with E-state index >= 15 is 0 Å². The summed E-state index contributed by atoms with van der Waals surface area (Å²) < 4.78 is 37.1. The number of hydrogen-bond donors (Lipinski definition) is 0. The summed E-state index contributed by atoms with van der Waals surface area (Å²) in [5.41, 5.74) is -0.935. The first-order chi connectivity index (χ1) is 6.07. The van der Waals surface area contributed by atoms with Crippen molar-refractivity contribution in [1.82, 2.24) is 4.98 Å². The molecule has 0 radical (unpaired) electrons. The molecular weight excluding hydrogens is 298 g/mol. The van der Waals surface area contributed by atoms with Gasteiger partial charge in [-0.2, -0.15) is 0 Å². The molecule has 0 N–H and O–H groups in total. The van der Waals surface area contributed by atoms with Gasteiger partial charge in [0.2, 0.25) is 0 Å². The average Bonchev–Trinajstić information content (AvgIpc) is 2.04. The Morgan fingerprint density at radius 2 is 2.15 bits per heavy atom. The number of aromatic nitrogens is 1. The Morgan fingerprint density at radius 1 is 1.54 bits per heavy atom. The lowest BCUT2D eigenvalue weighted by atomic mass is 10.2. The van der Waals surface area contributed by atoms with E-state index in [2.05, 4.69) is 4.98 Å². The van der Waals surface area contributed by atoms with Gasteiger partial charge in [-0.1, -0.05) is 0 Å². The third-order valence-electron chi connectivity index (χ3n) is 1.37. The minimum Gasteiger partial charge on any atom is -0.296 e. The number of carbonyl (C=O) groups is 1. The lowest BCUT2D eigenvalue weighted by molar-refractivity contribution is 0.111. The van der Waals surface area contributed by atoms with Crippen LogP contribution in [0.1, 0.15) is 22.5 Å². The van der Waals surface area contributed by atoms with Crippen LogP contribution in [0.4, 0.5) is 13.2 Å². The number of rotatable bonds is 2. The normalized spacial score (nSPS) is 10.5. The molecule has 1 aromatic heterocycles. The molecule has 1 aromatic rings. The summed E-state index contributed by atoms with van der Waals surface area (Å²) in [4.78, 5) is 13.6. The van der Waals surface area contributed by atoms with E-state index in [0.29, 0.717) is 12.5 Å². The Labute approximate surface area is 85.3 Å². The van der Waals surface area contributed by atoms with Crippen molar-refractivity contribution >= 4 is 28.9 Å². The zero-order valence-electron chi connectivity index (χ0n) is 6.10. The van der Waals surface area contributed by atoms with Crippen molar-refractivity contribution < 1.29 is 18.0 Å². The molecule has 2 nitrogen and oxygen atoms in total. The van der Waals surface area contributed by atoms with Gasteiger partial charge in [-0.25, -0.2) is 18.2 Å². The van der Waals surface area contributed by atoms with Crippen molar-refractivity contribution in [1.29, 1.82) is 0 Å². The van der Waals surface area contributed by atoms with Gasteiger partial charge in [-0.15, -0.1) is 0 Å². The number of pyridine rings is 1. The molecule has 70 valence electrons. The SMILES string of the molecule is O=Cc1ncc(F)c(C(F)F)c1I. The van der Waals surface area contributed by atoms with Crippen molar-refractivity contribution in [2.45, 2.75) is 6.43 Å². The summed E-state index contributed by atoms with van der Waals surface area (Å²) >= 11 is 1.47. The molecule has 0 unspecified atom stereocenters. The molecule has 0 aliphatic carbocycles. The van der Waals surface area contributed by atoms with E-state index in [0.717, 1.165) is 0 Å². The fourth-order valence-electron chi connectivity index (χ4n) is 0.777. The maximum atomic E-state index is 12.8. The van der Waals surface area contributed by atoms with Crippen LogP contribution in [0.3, 0.4) is 0 Å². The van der Waals surface area contributed by atoms with Crippen LogP contribution in [0.25, 0.3) is 0 Å². The van der Waals surface area contributed by atoms with E-state index < -0.39 is 17.8 Å². The lowest BCUT2D eigenvalue weighted by Gasteiger charge is -2.05. The summed E-state index contributed by atoms with van der Waals surface area (Å²) in [5.74, 6) is -1.09. The van der Waals surface area contributed by atoms with Crippen LogP contribution in [0.2, 0.25) is 0 Å². The highest BCUT2D eigenvalue weighted by molar-refractivity contribution is 14.1. The lowest BCUT2D eigenvalue weighted by Crippen LogP contribution is -2.02. The number of aldehydes is 1. The molecule has 0 fully saturated rings. The topological polar surface area (TPSA) is 30.0 Å². The quantitative estimate of drug-likeness (QED) is 0.621. The summed E-state index contributed by atoms with van der Waals surface area (Å²) in [6.07, 6.45) is -2.01. The molecule has 13 heavy (non-hydrogen) atoms. The van der Waals surface area contributed by atoms with E-state index in [1.54, 1.807) is 0 Å². The van der Waals surface area contributed by atoms with Gasteiger partial charge in [-0.3, -0.25) is 4.79 Å². The minimum atomic E-state index is -2.94. The molecule has 0 amide bonds. The first-order valence-corrected chi connectivity index (χ1v) is 4.23. The van der Waals surface area contributed by atoms with Crippen LogP contribution in [0.15, 0.2) is 6.20 Å². The molecule has 0 atom stereocenters. The molecule has 0 aliphatic heterocycles. The summed E-state index contributed by atoms with van der Waals surface area (Å²) in [7, 11) is 0. The van der Waals surface area contributed by atoms with Crippen LogP contribution in [0.5, 0.6) is 0 Å². The van der Waals surface area contributed by atoms with Gasteiger partial charge in [-0.05, 0) is 22.6 Å². The Balaban J connectivity index is 3.38. The number of halogens is 4. The number of hydrogen-bond acceptors (Lipinski definition) is 2. The second-order valence-corrected chi connectivity index (χ2v) is 3.22. The first kappa shape index (κ1) is 10.4. The number of nitrogens with zero attached hydrogens (tertiary/aromatic N) is 1. The highest BCUT2D eigenvalue weighted by atomic mass is 127. The molecule has 1 rings (SSSR count). The number of carbonyl (C=O) groups excluding carboxylic acids is 1. The van der Waals surface area contributed by atoms with Crippen LogP contribution >= 0.6 is 22.6 Å². The highest BCUT2D eigenvalue weighted by Gasteiger charge is 2.20. The van der Waals surface area contributed by atoms with Crippen molar-refractivity contribution in [3.63, 3.8) is 0 Å². The molecule has 6 heteroatoms. The molecule has 0 bridgehead atoms. The predicted molar refractivity (Wildman–Crippen MR) is 47.3 cm³/mol. The van der Waals surface area contributed by atoms with Crippen molar-refractivity contribution in [2.75, 3.05) is 0 Å². The predicted octanol–water partition coefficient (Wildman–Crippen LogP) is 2.58. The first-order valence-electron chi connectivity index (χ1n) is 3.15. The third-order valence-corrected chi connectivity index (χ3v) is 2.50. The van der Waals surface area contributed by atoms with Gasteiger partial charge in [0.15, 0.2) is 12.1 Å². The van der Waals surface area contributed by atoms with E-state index in [-0.39, 0.29) is 9.26 Å². The number of alkyl halides is 2. The molecule has 0 spiro atoms. The van der Waals surface area contributed by atoms with Gasteiger partial charge in [0.1, 0.15) is 5.69 Å². The Kier molecular flexibility index (Phi) is 3.23. The molecule has 0 aliphatic rings.